The van der Waals surface area contributed by atoms with Crippen LogP contribution in [0.3, 0.4) is 0 Å². The van der Waals surface area contributed by atoms with Crippen LogP contribution in [-0.2, 0) is 19.6 Å². The normalized spacial score (nSPS) is 20.1. The second kappa shape index (κ2) is 8.55. The molecular formula is C18H23N5O5S2. The summed E-state index contributed by atoms with van der Waals surface area (Å²) in [7, 11) is -3.97. The van der Waals surface area contributed by atoms with Gasteiger partial charge in [0.25, 0.3) is 5.91 Å². The van der Waals surface area contributed by atoms with Crippen LogP contribution in [0.4, 0.5) is 5.13 Å². The summed E-state index contributed by atoms with van der Waals surface area (Å²) < 4.78 is 31.6. The van der Waals surface area contributed by atoms with E-state index in [0.29, 0.717) is 13.1 Å². The lowest BCUT2D eigenvalue weighted by Crippen LogP contribution is -2.62. The first-order valence-corrected chi connectivity index (χ1v) is 11.9. The molecule has 2 aliphatic rings. The lowest BCUT2D eigenvalue weighted by molar-refractivity contribution is -0.134. The molecule has 4 heterocycles. The minimum absolute atomic E-state index is 0.0157. The quantitative estimate of drug-likeness (QED) is 0.501. The highest BCUT2D eigenvalue weighted by molar-refractivity contribution is 7.91. The molecule has 0 saturated carbocycles. The predicted octanol–water partition coefficient (Wildman–Crippen LogP) is 0.711. The second-order valence-corrected chi connectivity index (χ2v) is 10.4. The van der Waals surface area contributed by atoms with Crippen LogP contribution in [0, 0.1) is 0 Å². The van der Waals surface area contributed by atoms with Crippen molar-refractivity contribution in [2.24, 2.45) is 0 Å². The predicted molar refractivity (Wildman–Crippen MR) is 111 cm³/mol. The number of ether oxygens (including phenoxy) is 1. The minimum atomic E-state index is -3.97. The molecule has 30 heavy (non-hydrogen) atoms. The summed E-state index contributed by atoms with van der Waals surface area (Å²) >= 11 is 1.51. The van der Waals surface area contributed by atoms with Crippen molar-refractivity contribution in [2.75, 3.05) is 44.3 Å². The SMILES string of the molecule is O=C(NO)C1(S(=O)(=O)N2CCN(c3ncc(-c4ccccn4)s3)CC2)CCOCC1. The van der Waals surface area contributed by atoms with E-state index in [0.717, 1.165) is 15.7 Å². The van der Waals surface area contributed by atoms with Gasteiger partial charge in [0.2, 0.25) is 10.0 Å². The number of sulfonamides is 1. The largest absolute Gasteiger partial charge is 0.381 e. The number of thiazole rings is 1. The van der Waals surface area contributed by atoms with E-state index in [2.05, 4.69) is 9.97 Å². The van der Waals surface area contributed by atoms with Crippen molar-refractivity contribution in [3.05, 3.63) is 30.6 Å². The van der Waals surface area contributed by atoms with Gasteiger partial charge >= 0.3 is 0 Å². The Labute approximate surface area is 178 Å². The molecule has 12 heteroatoms. The third-order valence-corrected chi connectivity index (χ3v) is 9.28. The Balaban J connectivity index is 1.47. The highest BCUT2D eigenvalue weighted by atomic mass is 32.2. The molecule has 10 nitrogen and oxygen atoms in total. The van der Waals surface area contributed by atoms with Crippen molar-refractivity contribution in [1.82, 2.24) is 19.8 Å². The summed E-state index contributed by atoms with van der Waals surface area (Å²) in [4.78, 5) is 24.1. The molecule has 1 amide bonds. The maximum atomic E-state index is 13.4. The van der Waals surface area contributed by atoms with Crippen LogP contribution in [0.15, 0.2) is 30.6 Å². The fraction of sp³-hybridized carbons (Fsp3) is 0.500. The number of hydrogen-bond donors (Lipinski definition) is 2. The minimum Gasteiger partial charge on any atom is -0.381 e. The van der Waals surface area contributed by atoms with Gasteiger partial charge in [0.05, 0.1) is 10.6 Å². The molecular weight excluding hydrogens is 430 g/mol. The van der Waals surface area contributed by atoms with Crippen LogP contribution < -0.4 is 10.4 Å². The van der Waals surface area contributed by atoms with Crippen LogP contribution in [0.2, 0.25) is 0 Å². The molecule has 4 rings (SSSR count). The van der Waals surface area contributed by atoms with Gasteiger partial charge in [-0.1, -0.05) is 17.4 Å². The molecule has 0 aliphatic carbocycles. The molecule has 0 aromatic carbocycles. The van der Waals surface area contributed by atoms with E-state index in [9.17, 15) is 13.2 Å². The van der Waals surface area contributed by atoms with E-state index in [4.69, 9.17) is 9.94 Å². The Morgan fingerprint density at radius 1 is 1.17 bits per heavy atom. The average molecular weight is 454 g/mol. The van der Waals surface area contributed by atoms with E-state index < -0.39 is 20.7 Å². The van der Waals surface area contributed by atoms with E-state index in [1.807, 2.05) is 23.1 Å². The number of aromatic nitrogens is 2. The fourth-order valence-electron chi connectivity index (χ4n) is 3.81. The van der Waals surface area contributed by atoms with Crippen molar-refractivity contribution < 1.29 is 23.2 Å². The monoisotopic (exact) mass is 453 g/mol. The Morgan fingerprint density at radius 3 is 2.53 bits per heavy atom. The van der Waals surface area contributed by atoms with E-state index in [1.165, 1.54) is 15.6 Å². The first kappa shape index (κ1) is 21.1. The molecule has 0 unspecified atom stereocenters. The molecule has 0 atom stereocenters. The smallest absolute Gasteiger partial charge is 0.266 e. The number of hydrogen-bond acceptors (Lipinski definition) is 9. The number of pyridine rings is 1. The molecule has 162 valence electrons. The van der Waals surface area contributed by atoms with Crippen molar-refractivity contribution in [3.63, 3.8) is 0 Å². The summed E-state index contributed by atoms with van der Waals surface area (Å²) in [5.74, 6) is -0.895. The van der Waals surface area contributed by atoms with Gasteiger partial charge in [-0.3, -0.25) is 15.0 Å². The van der Waals surface area contributed by atoms with E-state index in [-0.39, 0.29) is 39.1 Å². The molecule has 2 aromatic heterocycles. The molecule has 2 fully saturated rings. The van der Waals surface area contributed by atoms with Crippen LogP contribution in [0.1, 0.15) is 12.8 Å². The van der Waals surface area contributed by atoms with Crippen LogP contribution in [-0.4, -0.2) is 77.9 Å². The molecule has 0 spiro atoms. The van der Waals surface area contributed by atoms with Crippen molar-refractivity contribution in [1.29, 1.82) is 0 Å². The molecule has 2 N–H and O–H groups in total. The Morgan fingerprint density at radius 2 is 1.90 bits per heavy atom. The zero-order valence-electron chi connectivity index (χ0n) is 16.2. The third-order valence-electron chi connectivity index (χ3n) is 5.57. The van der Waals surface area contributed by atoms with Gasteiger partial charge in [-0.05, 0) is 12.1 Å². The van der Waals surface area contributed by atoms with Gasteiger partial charge in [-0.25, -0.2) is 18.9 Å². The maximum absolute atomic E-state index is 13.4. The second-order valence-electron chi connectivity index (χ2n) is 7.16. The third kappa shape index (κ3) is 3.69. The summed E-state index contributed by atoms with van der Waals surface area (Å²) in [5, 5.41) is 9.96. The number of hydroxylamine groups is 1. The van der Waals surface area contributed by atoms with Gasteiger partial charge in [0, 0.05) is 64.6 Å². The number of rotatable bonds is 5. The molecule has 2 aromatic rings. The van der Waals surface area contributed by atoms with Crippen molar-refractivity contribution >= 4 is 32.4 Å². The Hall–Kier alpha value is -2.12. The van der Waals surface area contributed by atoms with Gasteiger partial charge in [0.15, 0.2) is 9.88 Å². The van der Waals surface area contributed by atoms with Gasteiger partial charge < -0.3 is 9.64 Å². The summed E-state index contributed by atoms with van der Waals surface area (Å²) in [6.07, 6.45) is 3.53. The number of nitrogens with one attached hydrogen (secondary N) is 1. The standard InChI is InChI=1S/C18H23N5O5S2/c24-16(21-25)18(4-11-28-12-5-18)30(26,27)23-9-7-22(8-10-23)17-20-13-15(29-17)14-3-1-2-6-19-14/h1-3,6,13,25H,4-5,7-12H2,(H,21,24). The number of carbonyl (C=O) groups is 1. The van der Waals surface area contributed by atoms with Crippen molar-refractivity contribution in [3.8, 4) is 10.6 Å². The zero-order chi connectivity index (χ0) is 21.2. The molecule has 2 saturated heterocycles. The van der Waals surface area contributed by atoms with Gasteiger partial charge in [-0.2, -0.15) is 4.31 Å². The van der Waals surface area contributed by atoms with Crippen LogP contribution in [0.25, 0.3) is 10.6 Å². The van der Waals surface area contributed by atoms with Crippen LogP contribution in [0.5, 0.6) is 0 Å². The number of piperazine rings is 1. The summed E-state index contributed by atoms with van der Waals surface area (Å²) in [5.41, 5.74) is 2.39. The molecule has 0 bridgehead atoms. The summed E-state index contributed by atoms with van der Waals surface area (Å²) in [6.45, 7) is 1.71. The highest BCUT2D eigenvalue weighted by Gasteiger charge is 2.54. The number of anilines is 1. The lowest BCUT2D eigenvalue weighted by Gasteiger charge is -2.41. The molecule has 2 aliphatic heterocycles. The Kier molecular flexibility index (Phi) is 6.02. The first-order chi connectivity index (χ1) is 14.5. The number of nitrogens with zero attached hydrogens (tertiary/aromatic N) is 4. The van der Waals surface area contributed by atoms with Crippen LogP contribution >= 0.6 is 11.3 Å². The van der Waals surface area contributed by atoms with Crippen molar-refractivity contribution in [2.45, 2.75) is 17.6 Å². The van der Waals surface area contributed by atoms with Gasteiger partial charge in [-0.15, -0.1) is 0 Å². The van der Waals surface area contributed by atoms with E-state index in [1.54, 1.807) is 17.9 Å². The molecule has 0 radical (unpaired) electrons. The summed E-state index contributed by atoms with van der Waals surface area (Å²) in [6, 6.07) is 5.69. The zero-order valence-corrected chi connectivity index (χ0v) is 17.9. The van der Waals surface area contributed by atoms with E-state index >= 15 is 0 Å². The Bertz CT molecular complexity index is 983. The average Bonchev–Trinajstić information content (AvgIpc) is 3.30. The van der Waals surface area contributed by atoms with Gasteiger partial charge in [0.1, 0.15) is 0 Å². The maximum Gasteiger partial charge on any atom is 0.266 e. The number of carbonyl (C=O) groups excluding carboxylic acids is 1. The first-order valence-electron chi connectivity index (χ1n) is 9.62. The lowest BCUT2D eigenvalue weighted by atomic mass is 9.98. The fourth-order valence-corrected chi connectivity index (χ4v) is 6.86. The topological polar surface area (TPSA) is 125 Å². The highest BCUT2D eigenvalue weighted by Crippen LogP contribution is 2.35. The number of amides is 1.